The molecule has 2 heterocycles. The quantitative estimate of drug-likeness (QED) is 0.732. The second-order valence-electron chi connectivity index (χ2n) is 7.31. The number of carbonyl (C=O) groups is 2. The molecule has 2 aliphatic heterocycles. The van der Waals surface area contributed by atoms with Crippen LogP contribution in [0.4, 0.5) is 0 Å². The highest BCUT2D eigenvalue weighted by Gasteiger charge is 2.48. The molecule has 19 heavy (non-hydrogen) atoms. The van der Waals surface area contributed by atoms with E-state index in [9.17, 15) is 9.59 Å². The largest absolute Gasteiger partial charge is 0.339 e. The average Bonchev–Trinajstić information content (AvgIpc) is 2.20. The minimum absolute atomic E-state index is 0.0477. The highest BCUT2D eigenvalue weighted by molar-refractivity contribution is 5.82. The molecule has 0 spiro atoms. The van der Waals surface area contributed by atoms with Crippen LogP contribution in [0.3, 0.4) is 0 Å². The van der Waals surface area contributed by atoms with Crippen LogP contribution in [0.2, 0.25) is 0 Å². The first-order valence-electron chi connectivity index (χ1n) is 7.20. The zero-order chi connectivity index (χ0) is 14.4. The zero-order valence-corrected chi connectivity index (χ0v) is 12.8. The van der Waals surface area contributed by atoms with E-state index in [2.05, 4.69) is 32.6 Å². The summed E-state index contributed by atoms with van der Waals surface area (Å²) in [6.45, 7) is 11.8. The Bertz CT molecular complexity index is 383. The van der Waals surface area contributed by atoms with Crippen molar-refractivity contribution in [1.29, 1.82) is 0 Å². The molecule has 2 aliphatic rings. The number of β-lactam (4-membered cyclic amide) rings is 1. The second-order valence-corrected chi connectivity index (χ2v) is 7.31. The molecule has 0 N–H and O–H groups in total. The number of piperidine rings is 1. The summed E-state index contributed by atoms with van der Waals surface area (Å²) in [6, 6.07) is 0.328. The maximum atomic E-state index is 11.7. The highest BCUT2D eigenvalue weighted by Crippen LogP contribution is 2.41. The molecule has 0 aromatic rings. The molecule has 2 rings (SSSR count). The van der Waals surface area contributed by atoms with Crippen molar-refractivity contribution in [1.82, 2.24) is 9.80 Å². The Morgan fingerprint density at radius 2 is 1.74 bits per heavy atom. The van der Waals surface area contributed by atoms with Crippen LogP contribution >= 0.6 is 0 Å². The van der Waals surface area contributed by atoms with Crippen molar-refractivity contribution >= 4 is 11.7 Å². The summed E-state index contributed by atoms with van der Waals surface area (Å²) in [6.07, 6.45) is 2.61. The third-order valence-corrected chi connectivity index (χ3v) is 4.64. The monoisotopic (exact) mass is 266 g/mol. The van der Waals surface area contributed by atoms with Crippen molar-refractivity contribution in [3.63, 3.8) is 0 Å². The Labute approximate surface area is 116 Å². The van der Waals surface area contributed by atoms with E-state index >= 15 is 0 Å². The molecular formula is C15H26N2O2. The predicted octanol–water partition coefficient (Wildman–Crippen LogP) is 1.83. The first kappa shape index (κ1) is 14.5. The molecule has 2 fully saturated rings. The summed E-state index contributed by atoms with van der Waals surface area (Å²) in [5, 5.41) is 0. The lowest BCUT2D eigenvalue weighted by atomic mass is 9.75. The molecule has 2 saturated heterocycles. The highest BCUT2D eigenvalue weighted by atomic mass is 16.2. The van der Waals surface area contributed by atoms with Crippen molar-refractivity contribution in [2.24, 2.45) is 0 Å². The average molecular weight is 266 g/mol. The van der Waals surface area contributed by atoms with Gasteiger partial charge in [0.05, 0.1) is 6.54 Å². The standard InChI is InChI=1S/C15H26N2O2/c1-11(18)10-17-14(2,3)8-12(9-15(17,4)5)16-7-6-13(16)19/h12H,6-10H2,1-5H3. The fourth-order valence-electron chi connectivity index (χ4n) is 3.85. The molecule has 4 heteroatoms. The summed E-state index contributed by atoms with van der Waals surface area (Å²) >= 11 is 0. The van der Waals surface area contributed by atoms with Crippen molar-refractivity contribution in [3.8, 4) is 0 Å². The number of hydrogen-bond donors (Lipinski definition) is 0. The lowest BCUT2D eigenvalue weighted by molar-refractivity contribution is -0.151. The molecular weight excluding hydrogens is 240 g/mol. The van der Waals surface area contributed by atoms with Gasteiger partial charge in [-0.1, -0.05) is 0 Å². The summed E-state index contributed by atoms with van der Waals surface area (Å²) in [5.41, 5.74) is -0.0953. The van der Waals surface area contributed by atoms with Gasteiger partial charge in [-0.2, -0.15) is 0 Å². The minimum atomic E-state index is -0.0477. The lowest BCUT2D eigenvalue weighted by Crippen LogP contribution is -2.67. The van der Waals surface area contributed by atoms with E-state index in [0.717, 1.165) is 19.4 Å². The van der Waals surface area contributed by atoms with Crippen molar-refractivity contribution in [2.45, 2.75) is 71.0 Å². The van der Waals surface area contributed by atoms with Crippen LogP contribution in [0.5, 0.6) is 0 Å². The molecule has 0 radical (unpaired) electrons. The number of likely N-dealkylation sites (tertiary alicyclic amines) is 2. The third kappa shape index (κ3) is 2.69. The fourth-order valence-corrected chi connectivity index (χ4v) is 3.85. The topological polar surface area (TPSA) is 40.6 Å². The van der Waals surface area contributed by atoms with Crippen molar-refractivity contribution < 1.29 is 9.59 Å². The summed E-state index contributed by atoms with van der Waals surface area (Å²) in [4.78, 5) is 27.5. The number of hydrogen-bond acceptors (Lipinski definition) is 3. The van der Waals surface area contributed by atoms with E-state index in [4.69, 9.17) is 0 Å². The Morgan fingerprint density at radius 1 is 1.21 bits per heavy atom. The number of amides is 1. The van der Waals surface area contributed by atoms with Crippen LogP contribution in [0, 0.1) is 0 Å². The van der Waals surface area contributed by atoms with Gasteiger partial charge in [-0.05, 0) is 47.5 Å². The Balaban J connectivity index is 2.18. The minimum Gasteiger partial charge on any atom is -0.339 e. The Hall–Kier alpha value is -0.900. The molecule has 0 bridgehead atoms. The molecule has 1 amide bonds. The van der Waals surface area contributed by atoms with Gasteiger partial charge in [0, 0.05) is 30.1 Å². The lowest BCUT2D eigenvalue weighted by Gasteiger charge is -2.57. The van der Waals surface area contributed by atoms with Crippen LogP contribution in [0.15, 0.2) is 0 Å². The Morgan fingerprint density at radius 3 is 2.05 bits per heavy atom. The fraction of sp³-hybridized carbons (Fsp3) is 0.867. The molecule has 108 valence electrons. The van der Waals surface area contributed by atoms with Crippen LogP contribution in [-0.2, 0) is 9.59 Å². The smallest absolute Gasteiger partial charge is 0.224 e. The van der Waals surface area contributed by atoms with Crippen molar-refractivity contribution in [2.75, 3.05) is 13.1 Å². The molecule has 0 saturated carbocycles. The van der Waals surface area contributed by atoms with Gasteiger partial charge in [-0.3, -0.25) is 14.5 Å². The third-order valence-electron chi connectivity index (χ3n) is 4.64. The summed E-state index contributed by atoms with van der Waals surface area (Å²) < 4.78 is 0. The zero-order valence-electron chi connectivity index (χ0n) is 12.8. The van der Waals surface area contributed by atoms with Gasteiger partial charge in [-0.15, -0.1) is 0 Å². The van der Waals surface area contributed by atoms with E-state index in [0.29, 0.717) is 19.0 Å². The molecule has 4 nitrogen and oxygen atoms in total. The van der Waals surface area contributed by atoms with Gasteiger partial charge in [0.2, 0.25) is 5.91 Å². The summed E-state index contributed by atoms with van der Waals surface area (Å²) in [7, 11) is 0. The van der Waals surface area contributed by atoms with Gasteiger partial charge >= 0.3 is 0 Å². The number of carbonyl (C=O) groups excluding carboxylic acids is 2. The maximum absolute atomic E-state index is 11.7. The molecule has 0 aromatic carbocycles. The van der Waals surface area contributed by atoms with Gasteiger partial charge in [0.15, 0.2) is 0 Å². The van der Waals surface area contributed by atoms with E-state index in [1.54, 1.807) is 6.92 Å². The number of ketones is 1. The number of rotatable bonds is 3. The normalized spacial score (nSPS) is 27.2. The molecule has 0 unspecified atom stereocenters. The van der Waals surface area contributed by atoms with Crippen LogP contribution in [0.1, 0.15) is 53.9 Å². The Kier molecular flexibility index (Phi) is 3.50. The maximum Gasteiger partial charge on any atom is 0.224 e. The first-order chi connectivity index (χ1) is 8.63. The van der Waals surface area contributed by atoms with Crippen LogP contribution < -0.4 is 0 Å². The van der Waals surface area contributed by atoms with Crippen molar-refractivity contribution in [3.05, 3.63) is 0 Å². The van der Waals surface area contributed by atoms with Gasteiger partial charge in [0.1, 0.15) is 5.78 Å². The van der Waals surface area contributed by atoms with E-state index in [1.165, 1.54) is 0 Å². The van der Waals surface area contributed by atoms with Gasteiger partial charge in [-0.25, -0.2) is 0 Å². The van der Waals surface area contributed by atoms with Gasteiger partial charge in [0.25, 0.3) is 0 Å². The molecule has 0 aliphatic carbocycles. The second kappa shape index (κ2) is 4.58. The SMILES string of the molecule is CC(=O)CN1C(C)(C)CC(N2CCC2=O)CC1(C)C. The summed E-state index contributed by atoms with van der Waals surface area (Å²) in [5.74, 6) is 0.497. The van der Waals surface area contributed by atoms with E-state index < -0.39 is 0 Å². The number of nitrogens with zero attached hydrogens (tertiary/aromatic N) is 2. The first-order valence-corrected chi connectivity index (χ1v) is 7.20. The van der Waals surface area contributed by atoms with E-state index in [1.807, 2.05) is 4.90 Å². The molecule has 0 aromatic heterocycles. The van der Waals surface area contributed by atoms with E-state index in [-0.39, 0.29) is 22.8 Å². The number of Topliss-reactive ketones (excluding diaryl/α,β-unsaturated/α-hetero) is 1. The van der Waals surface area contributed by atoms with Crippen LogP contribution in [-0.4, -0.2) is 51.7 Å². The predicted molar refractivity (Wildman–Crippen MR) is 74.9 cm³/mol. The van der Waals surface area contributed by atoms with Gasteiger partial charge < -0.3 is 4.90 Å². The molecule has 0 atom stereocenters. The van der Waals surface area contributed by atoms with Crippen LogP contribution in [0.25, 0.3) is 0 Å².